The Kier molecular flexibility index (Phi) is 6.30. The van der Waals surface area contributed by atoms with Crippen LogP contribution in [0.25, 0.3) is 0 Å². The van der Waals surface area contributed by atoms with Crippen LogP contribution in [0.3, 0.4) is 0 Å². The Labute approximate surface area is 122 Å². The molecule has 2 N–H and O–H groups in total. The van der Waals surface area contributed by atoms with E-state index in [0.717, 1.165) is 24.6 Å². The molecule has 1 aromatic rings. The van der Waals surface area contributed by atoms with Gasteiger partial charge >= 0.3 is 0 Å². The summed E-state index contributed by atoms with van der Waals surface area (Å²) in [5.41, 5.74) is 1.34. The van der Waals surface area contributed by atoms with Gasteiger partial charge in [-0.2, -0.15) is 0 Å². The molecule has 0 spiro atoms. The number of nitrogens with one attached hydrogen (secondary N) is 2. The van der Waals surface area contributed by atoms with Gasteiger partial charge in [0.2, 0.25) is 0 Å². The molecular weight excluding hydrogens is 252 g/mol. The van der Waals surface area contributed by atoms with Crippen molar-refractivity contribution in [2.75, 3.05) is 20.8 Å². The predicted octanol–water partition coefficient (Wildman–Crippen LogP) is 2.57. The van der Waals surface area contributed by atoms with Crippen LogP contribution in [0.4, 0.5) is 0 Å². The highest BCUT2D eigenvalue weighted by Gasteiger charge is 2.11. The van der Waals surface area contributed by atoms with E-state index in [1.165, 1.54) is 5.56 Å². The van der Waals surface area contributed by atoms with Crippen molar-refractivity contribution in [3.63, 3.8) is 0 Å². The maximum Gasteiger partial charge on any atom is 0.161 e. The summed E-state index contributed by atoms with van der Waals surface area (Å²) in [6, 6.07) is 6.41. The van der Waals surface area contributed by atoms with E-state index in [4.69, 9.17) is 9.47 Å². The van der Waals surface area contributed by atoms with Crippen LogP contribution in [0.2, 0.25) is 0 Å². The molecule has 0 saturated heterocycles. The van der Waals surface area contributed by atoms with Crippen LogP contribution in [-0.2, 0) is 6.54 Å². The third-order valence-electron chi connectivity index (χ3n) is 3.04. The third kappa shape index (κ3) is 5.80. The summed E-state index contributed by atoms with van der Waals surface area (Å²) in [5.74, 6) is 1.53. The maximum atomic E-state index is 5.31. The van der Waals surface area contributed by atoms with E-state index in [1.54, 1.807) is 14.2 Å². The van der Waals surface area contributed by atoms with Gasteiger partial charge in [0, 0.05) is 24.7 Å². The molecule has 0 heterocycles. The van der Waals surface area contributed by atoms with Gasteiger partial charge < -0.3 is 20.1 Å². The lowest BCUT2D eigenvalue weighted by molar-refractivity contribution is 0.354. The minimum atomic E-state index is 0.152. The molecule has 114 valence electrons. The standard InChI is InChI=1S/C16H28N2O2/c1-12(10-18-16(2,3)4)17-11-13-7-8-14(19-5)15(9-13)20-6/h7-9,12,17-18H,10-11H2,1-6H3. The van der Waals surface area contributed by atoms with Gasteiger partial charge in [-0.25, -0.2) is 0 Å². The lowest BCUT2D eigenvalue weighted by atomic mass is 10.1. The third-order valence-corrected chi connectivity index (χ3v) is 3.04. The van der Waals surface area contributed by atoms with Crippen LogP contribution in [-0.4, -0.2) is 32.3 Å². The Balaban J connectivity index is 2.49. The molecule has 1 aromatic carbocycles. The average Bonchev–Trinajstić information content (AvgIpc) is 2.41. The van der Waals surface area contributed by atoms with E-state index in [-0.39, 0.29) is 5.54 Å². The summed E-state index contributed by atoms with van der Waals surface area (Å²) in [5, 5.41) is 6.99. The van der Waals surface area contributed by atoms with Crippen molar-refractivity contribution in [1.29, 1.82) is 0 Å². The van der Waals surface area contributed by atoms with E-state index in [9.17, 15) is 0 Å². The van der Waals surface area contributed by atoms with Crippen LogP contribution >= 0.6 is 0 Å². The Bertz CT molecular complexity index is 413. The summed E-state index contributed by atoms with van der Waals surface area (Å²) in [4.78, 5) is 0. The fraction of sp³-hybridized carbons (Fsp3) is 0.625. The van der Waals surface area contributed by atoms with Crippen molar-refractivity contribution in [2.45, 2.75) is 45.8 Å². The average molecular weight is 280 g/mol. The minimum Gasteiger partial charge on any atom is -0.493 e. The van der Waals surface area contributed by atoms with Crippen molar-refractivity contribution >= 4 is 0 Å². The summed E-state index contributed by atoms with van der Waals surface area (Å²) in [7, 11) is 3.31. The van der Waals surface area contributed by atoms with Crippen LogP contribution in [0, 0.1) is 0 Å². The molecule has 4 heteroatoms. The highest BCUT2D eigenvalue weighted by molar-refractivity contribution is 5.42. The summed E-state index contributed by atoms with van der Waals surface area (Å²) in [6.07, 6.45) is 0. The largest absolute Gasteiger partial charge is 0.493 e. The van der Waals surface area contributed by atoms with E-state index >= 15 is 0 Å². The Morgan fingerprint density at radius 3 is 2.30 bits per heavy atom. The molecule has 0 fully saturated rings. The second-order valence-electron chi connectivity index (χ2n) is 6.10. The first kappa shape index (κ1) is 16.8. The first-order chi connectivity index (χ1) is 9.35. The van der Waals surface area contributed by atoms with Gasteiger partial charge in [0.05, 0.1) is 14.2 Å². The van der Waals surface area contributed by atoms with Gasteiger partial charge in [-0.05, 0) is 45.4 Å². The summed E-state index contributed by atoms with van der Waals surface area (Å²) >= 11 is 0. The van der Waals surface area contributed by atoms with Gasteiger partial charge in [-0.3, -0.25) is 0 Å². The number of rotatable bonds is 7. The van der Waals surface area contributed by atoms with Gasteiger partial charge in [0.15, 0.2) is 11.5 Å². The molecule has 0 saturated carbocycles. The van der Waals surface area contributed by atoms with E-state index in [2.05, 4.69) is 44.4 Å². The van der Waals surface area contributed by atoms with Crippen LogP contribution < -0.4 is 20.1 Å². The highest BCUT2D eigenvalue weighted by Crippen LogP contribution is 2.27. The zero-order valence-electron chi connectivity index (χ0n) is 13.5. The normalized spacial score (nSPS) is 13.1. The van der Waals surface area contributed by atoms with Crippen molar-refractivity contribution in [1.82, 2.24) is 10.6 Å². The topological polar surface area (TPSA) is 42.5 Å². The molecule has 20 heavy (non-hydrogen) atoms. The number of methoxy groups -OCH3 is 2. The molecule has 0 aliphatic rings. The van der Waals surface area contributed by atoms with Crippen molar-refractivity contribution in [3.05, 3.63) is 23.8 Å². The second-order valence-corrected chi connectivity index (χ2v) is 6.10. The number of hydrogen-bond donors (Lipinski definition) is 2. The number of benzene rings is 1. The Morgan fingerprint density at radius 1 is 1.10 bits per heavy atom. The van der Waals surface area contributed by atoms with Crippen LogP contribution in [0.15, 0.2) is 18.2 Å². The zero-order valence-corrected chi connectivity index (χ0v) is 13.5. The first-order valence-corrected chi connectivity index (χ1v) is 7.05. The molecule has 0 aromatic heterocycles. The van der Waals surface area contributed by atoms with E-state index in [0.29, 0.717) is 6.04 Å². The fourth-order valence-corrected chi connectivity index (χ4v) is 1.81. The quantitative estimate of drug-likeness (QED) is 0.805. The fourth-order valence-electron chi connectivity index (χ4n) is 1.81. The summed E-state index contributed by atoms with van der Waals surface area (Å²) < 4.78 is 10.5. The molecule has 0 aliphatic heterocycles. The molecule has 0 radical (unpaired) electrons. The van der Waals surface area contributed by atoms with E-state index in [1.807, 2.05) is 12.1 Å². The molecule has 0 bridgehead atoms. The van der Waals surface area contributed by atoms with Crippen LogP contribution in [0.5, 0.6) is 11.5 Å². The number of hydrogen-bond acceptors (Lipinski definition) is 4. The minimum absolute atomic E-state index is 0.152. The Morgan fingerprint density at radius 2 is 1.75 bits per heavy atom. The summed E-state index contributed by atoms with van der Waals surface area (Å²) in [6.45, 7) is 10.5. The van der Waals surface area contributed by atoms with Gasteiger partial charge in [0.25, 0.3) is 0 Å². The molecule has 0 amide bonds. The monoisotopic (exact) mass is 280 g/mol. The van der Waals surface area contributed by atoms with Gasteiger partial charge in [-0.1, -0.05) is 6.07 Å². The lowest BCUT2D eigenvalue weighted by Gasteiger charge is -2.24. The van der Waals surface area contributed by atoms with Gasteiger partial charge in [0.1, 0.15) is 0 Å². The van der Waals surface area contributed by atoms with E-state index < -0.39 is 0 Å². The predicted molar refractivity (Wildman–Crippen MR) is 83.6 cm³/mol. The molecule has 4 nitrogen and oxygen atoms in total. The van der Waals surface area contributed by atoms with Crippen molar-refractivity contribution in [3.8, 4) is 11.5 Å². The highest BCUT2D eigenvalue weighted by atomic mass is 16.5. The molecule has 1 rings (SSSR count). The maximum absolute atomic E-state index is 5.31. The van der Waals surface area contributed by atoms with Gasteiger partial charge in [-0.15, -0.1) is 0 Å². The van der Waals surface area contributed by atoms with Crippen LogP contribution in [0.1, 0.15) is 33.3 Å². The zero-order chi connectivity index (χ0) is 15.2. The smallest absolute Gasteiger partial charge is 0.161 e. The molecular formula is C16H28N2O2. The molecule has 1 unspecified atom stereocenters. The van der Waals surface area contributed by atoms with Crippen molar-refractivity contribution < 1.29 is 9.47 Å². The SMILES string of the molecule is COc1ccc(CNC(C)CNC(C)(C)C)cc1OC. The molecule has 0 aliphatic carbocycles. The lowest BCUT2D eigenvalue weighted by Crippen LogP contribution is -2.44. The second kappa shape index (κ2) is 7.50. The first-order valence-electron chi connectivity index (χ1n) is 7.05. The molecule has 1 atom stereocenters. The Hall–Kier alpha value is -1.26. The number of ether oxygens (including phenoxy) is 2. The van der Waals surface area contributed by atoms with Crippen molar-refractivity contribution in [2.24, 2.45) is 0 Å².